The highest BCUT2D eigenvalue weighted by atomic mass is 16.7. The fourth-order valence-corrected chi connectivity index (χ4v) is 0.897. The monoisotopic (exact) mass is 146 g/mol. The Balaban J connectivity index is 0.000000371. The summed E-state index contributed by atoms with van der Waals surface area (Å²) in [6.45, 7) is 4.87. The first-order valence-corrected chi connectivity index (χ1v) is 4.08. The second-order valence-electron chi connectivity index (χ2n) is 2.03. The third-order valence-electron chi connectivity index (χ3n) is 1.40. The molecule has 0 aromatic rings. The minimum Gasteiger partial charge on any atom is -0.356 e. The number of methoxy groups -OCH3 is 1. The molecule has 1 fully saturated rings. The minimum atomic E-state index is 0.0868. The molecule has 62 valence electrons. The van der Waals surface area contributed by atoms with Gasteiger partial charge in [0, 0.05) is 13.7 Å². The van der Waals surface area contributed by atoms with Gasteiger partial charge in [0.1, 0.15) is 0 Å². The molecule has 1 aliphatic rings. The SMILES string of the molecule is CC.CO[C@H]1CCCCO1. The zero-order valence-electron chi connectivity index (χ0n) is 7.22. The molecule has 0 aromatic heterocycles. The lowest BCUT2D eigenvalue weighted by atomic mass is 10.2. The molecule has 1 saturated heterocycles. The number of hydrogen-bond donors (Lipinski definition) is 0. The largest absolute Gasteiger partial charge is 0.356 e. The fourth-order valence-electron chi connectivity index (χ4n) is 0.897. The van der Waals surface area contributed by atoms with Crippen molar-refractivity contribution in [1.29, 1.82) is 0 Å². The Morgan fingerprint density at radius 2 is 2.00 bits per heavy atom. The van der Waals surface area contributed by atoms with Gasteiger partial charge in [-0.05, 0) is 19.3 Å². The van der Waals surface area contributed by atoms with E-state index in [0.29, 0.717) is 0 Å². The van der Waals surface area contributed by atoms with E-state index >= 15 is 0 Å². The van der Waals surface area contributed by atoms with Gasteiger partial charge in [0.05, 0.1) is 0 Å². The van der Waals surface area contributed by atoms with Crippen molar-refractivity contribution in [3.63, 3.8) is 0 Å². The second kappa shape index (κ2) is 7.03. The first-order valence-electron chi connectivity index (χ1n) is 4.08. The Morgan fingerprint density at radius 3 is 2.30 bits per heavy atom. The van der Waals surface area contributed by atoms with Gasteiger partial charge < -0.3 is 9.47 Å². The lowest BCUT2D eigenvalue weighted by Gasteiger charge is -2.20. The van der Waals surface area contributed by atoms with Crippen LogP contribution in [0.3, 0.4) is 0 Å². The smallest absolute Gasteiger partial charge is 0.157 e. The quantitative estimate of drug-likeness (QED) is 0.564. The van der Waals surface area contributed by atoms with Crippen molar-refractivity contribution < 1.29 is 9.47 Å². The van der Waals surface area contributed by atoms with Gasteiger partial charge in [0.2, 0.25) is 0 Å². The molecule has 1 heterocycles. The van der Waals surface area contributed by atoms with E-state index in [0.717, 1.165) is 13.0 Å². The van der Waals surface area contributed by atoms with Gasteiger partial charge in [-0.25, -0.2) is 0 Å². The summed E-state index contributed by atoms with van der Waals surface area (Å²) in [5.41, 5.74) is 0. The van der Waals surface area contributed by atoms with Crippen LogP contribution in [-0.4, -0.2) is 20.0 Å². The Morgan fingerprint density at radius 1 is 1.30 bits per heavy atom. The summed E-state index contributed by atoms with van der Waals surface area (Å²) in [4.78, 5) is 0. The molecule has 0 saturated carbocycles. The summed E-state index contributed by atoms with van der Waals surface area (Å²) < 4.78 is 10.2. The summed E-state index contributed by atoms with van der Waals surface area (Å²) in [5, 5.41) is 0. The summed E-state index contributed by atoms with van der Waals surface area (Å²) in [6.07, 6.45) is 3.60. The lowest BCUT2D eigenvalue weighted by Crippen LogP contribution is -2.20. The first-order chi connectivity index (χ1) is 4.93. The van der Waals surface area contributed by atoms with E-state index < -0.39 is 0 Å². The zero-order valence-corrected chi connectivity index (χ0v) is 7.22. The third kappa shape index (κ3) is 3.85. The molecule has 0 N–H and O–H groups in total. The van der Waals surface area contributed by atoms with E-state index in [1.807, 2.05) is 13.8 Å². The van der Waals surface area contributed by atoms with Gasteiger partial charge in [0.15, 0.2) is 6.29 Å². The molecule has 10 heavy (non-hydrogen) atoms. The molecule has 2 nitrogen and oxygen atoms in total. The second-order valence-corrected chi connectivity index (χ2v) is 2.03. The summed E-state index contributed by atoms with van der Waals surface area (Å²) in [7, 11) is 1.69. The molecule has 0 aromatic carbocycles. The average Bonchev–Trinajstić information content (AvgIpc) is 2.10. The summed E-state index contributed by atoms with van der Waals surface area (Å²) in [5.74, 6) is 0. The van der Waals surface area contributed by atoms with Crippen molar-refractivity contribution in [3.8, 4) is 0 Å². The van der Waals surface area contributed by atoms with Crippen LogP contribution in [-0.2, 0) is 9.47 Å². The molecular weight excluding hydrogens is 128 g/mol. The molecular formula is C8H18O2. The topological polar surface area (TPSA) is 18.5 Å². The van der Waals surface area contributed by atoms with Crippen LogP contribution < -0.4 is 0 Å². The van der Waals surface area contributed by atoms with Crippen molar-refractivity contribution in [2.45, 2.75) is 39.4 Å². The Labute approximate surface area is 63.5 Å². The van der Waals surface area contributed by atoms with E-state index in [1.165, 1.54) is 12.8 Å². The zero-order chi connectivity index (χ0) is 7.82. The molecule has 2 heteroatoms. The van der Waals surface area contributed by atoms with Crippen LogP contribution in [0, 0.1) is 0 Å². The van der Waals surface area contributed by atoms with Gasteiger partial charge in [-0.1, -0.05) is 13.8 Å². The maximum absolute atomic E-state index is 5.20. The van der Waals surface area contributed by atoms with Gasteiger partial charge in [-0.3, -0.25) is 0 Å². The minimum absolute atomic E-state index is 0.0868. The summed E-state index contributed by atoms with van der Waals surface area (Å²) in [6, 6.07) is 0. The van der Waals surface area contributed by atoms with Gasteiger partial charge in [-0.15, -0.1) is 0 Å². The van der Waals surface area contributed by atoms with Crippen LogP contribution in [0.25, 0.3) is 0 Å². The van der Waals surface area contributed by atoms with Crippen LogP contribution in [0.2, 0.25) is 0 Å². The fraction of sp³-hybridized carbons (Fsp3) is 1.00. The molecule has 1 rings (SSSR count). The molecule has 1 aliphatic heterocycles. The van der Waals surface area contributed by atoms with Gasteiger partial charge in [0.25, 0.3) is 0 Å². The maximum atomic E-state index is 5.20. The van der Waals surface area contributed by atoms with Crippen LogP contribution in [0.15, 0.2) is 0 Å². The van der Waals surface area contributed by atoms with Crippen LogP contribution in [0.1, 0.15) is 33.1 Å². The van der Waals surface area contributed by atoms with E-state index in [9.17, 15) is 0 Å². The van der Waals surface area contributed by atoms with Gasteiger partial charge >= 0.3 is 0 Å². The van der Waals surface area contributed by atoms with Gasteiger partial charge in [-0.2, -0.15) is 0 Å². The van der Waals surface area contributed by atoms with Crippen molar-refractivity contribution in [1.82, 2.24) is 0 Å². The lowest BCUT2D eigenvalue weighted by molar-refractivity contribution is -0.145. The van der Waals surface area contributed by atoms with Crippen LogP contribution >= 0.6 is 0 Å². The Hall–Kier alpha value is -0.0800. The predicted octanol–water partition coefficient (Wildman–Crippen LogP) is 2.19. The predicted molar refractivity (Wildman–Crippen MR) is 41.9 cm³/mol. The number of rotatable bonds is 1. The molecule has 0 radical (unpaired) electrons. The molecule has 0 spiro atoms. The Bertz CT molecular complexity index is 58.3. The highest BCUT2D eigenvalue weighted by Gasteiger charge is 2.10. The molecule has 0 unspecified atom stereocenters. The average molecular weight is 146 g/mol. The molecule has 0 aliphatic carbocycles. The van der Waals surface area contributed by atoms with E-state index in [2.05, 4.69) is 0 Å². The highest BCUT2D eigenvalue weighted by Crippen LogP contribution is 2.11. The van der Waals surface area contributed by atoms with Crippen molar-refractivity contribution in [3.05, 3.63) is 0 Å². The molecule has 1 atom stereocenters. The standard InChI is InChI=1S/C6H12O2.C2H6/c1-7-6-4-2-3-5-8-6;1-2/h6H,2-5H2,1H3;1-2H3/t6-;/m1./s1. The van der Waals surface area contributed by atoms with E-state index in [1.54, 1.807) is 7.11 Å². The Kier molecular flexibility index (Phi) is 6.98. The maximum Gasteiger partial charge on any atom is 0.157 e. The van der Waals surface area contributed by atoms with Crippen molar-refractivity contribution in [2.75, 3.05) is 13.7 Å². The highest BCUT2D eigenvalue weighted by molar-refractivity contribution is 4.52. The van der Waals surface area contributed by atoms with Crippen LogP contribution in [0.4, 0.5) is 0 Å². The molecule has 0 bridgehead atoms. The van der Waals surface area contributed by atoms with E-state index in [-0.39, 0.29) is 6.29 Å². The van der Waals surface area contributed by atoms with Crippen molar-refractivity contribution >= 4 is 0 Å². The number of hydrogen-bond acceptors (Lipinski definition) is 2. The first kappa shape index (κ1) is 9.92. The van der Waals surface area contributed by atoms with E-state index in [4.69, 9.17) is 9.47 Å². The summed E-state index contributed by atoms with van der Waals surface area (Å²) >= 11 is 0. The van der Waals surface area contributed by atoms with Crippen molar-refractivity contribution in [2.24, 2.45) is 0 Å². The number of ether oxygens (including phenoxy) is 2. The normalized spacial score (nSPS) is 24.9. The molecule has 0 amide bonds. The third-order valence-corrected chi connectivity index (χ3v) is 1.40. The van der Waals surface area contributed by atoms with Crippen LogP contribution in [0.5, 0.6) is 0 Å².